The average molecular weight is 115 g/mol. The second kappa shape index (κ2) is 6.50. The molecule has 0 aromatic carbocycles. The molecule has 48 valence electrons. The summed E-state index contributed by atoms with van der Waals surface area (Å²) in [7, 11) is 0. The van der Waals surface area contributed by atoms with Crippen LogP contribution in [0.4, 0.5) is 0 Å². The first-order chi connectivity index (χ1) is 3.91. The molecule has 0 spiro atoms. The Morgan fingerprint density at radius 1 is 1.75 bits per heavy atom. The summed E-state index contributed by atoms with van der Waals surface area (Å²) in [6.07, 6.45) is 3.72. The smallest absolute Gasteiger partial charge is 0.104 e. The fourth-order valence-corrected chi connectivity index (χ4v) is 0.367. The second-order valence-corrected chi connectivity index (χ2v) is 1.53. The summed E-state index contributed by atoms with van der Waals surface area (Å²) >= 11 is 0. The Hall–Kier alpha value is -0.500. The van der Waals surface area contributed by atoms with E-state index in [0.717, 1.165) is 13.0 Å². The molecule has 0 amide bonds. The largest absolute Gasteiger partial charge is 0.417 e. The fourth-order valence-electron chi connectivity index (χ4n) is 0.367. The zero-order valence-electron chi connectivity index (χ0n) is 5.31. The Kier molecular flexibility index (Phi) is 6.09. The Morgan fingerprint density at radius 3 is 3.00 bits per heavy atom. The quantitative estimate of drug-likeness (QED) is 0.332. The van der Waals surface area contributed by atoms with Gasteiger partial charge in [-0.2, -0.15) is 5.48 Å². The maximum Gasteiger partial charge on any atom is 0.104 e. The van der Waals surface area contributed by atoms with E-state index < -0.39 is 0 Å². The second-order valence-electron chi connectivity index (χ2n) is 1.53. The van der Waals surface area contributed by atoms with Crippen LogP contribution in [-0.4, -0.2) is 6.54 Å². The van der Waals surface area contributed by atoms with Crippen LogP contribution in [0.25, 0.3) is 0 Å². The number of hydrogen-bond donors (Lipinski definition) is 1. The molecule has 0 radical (unpaired) electrons. The highest BCUT2D eigenvalue weighted by Crippen LogP contribution is 1.81. The minimum absolute atomic E-state index is 0.905. The molecule has 0 unspecified atom stereocenters. The molecule has 0 bridgehead atoms. The van der Waals surface area contributed by atoms with Gasteiger partial charge in [0.2, 0.25) is 0 Å². The van der Waals surface area contributed by atoms with Crippen LogP contribution in [0.1, 0.15) is 19.8 Å². The number of nitrogens with one attached hydrogen (secondary N) is 1. The number of hydrogen-bond acceptors (Lipinski definition) is 2. The molecule has 0 heterocycles. The van der Waals surface area contributed by atoms with Crippen LogP contribution in [-0.2, 0) is 4.84 Å². The predicted octanol–water partition coefficient (Wildman–Crippen LogP) is 1.45. The Labute approximate surface area is 50.5 Å². The van der Waals surface area contributed by atoms with Crippen molar-refractivity contribution < 1.29 is 4.84 Å². The lowest BCUT2D eigenvalue weighted by molar-refractivity contribution is 0.134. The van der Waals surface area contributed by atoms with Gasteiger partial charge in [0, 0.05) is 6.54 Å². The molecule has 2 heteroatoms. The Balaban J connectivity index is 2.62. The minimum Gasteiger partial charge on any atom is -0.417 e. The third-order valence-electron chi connectivity index (χ3n) is 0.799. The summed E-state index contributed by atoms with van der Waals surface area (Å²) in [4.78, 5) is 4.65. The van der Waals surface area contributed by atoms with E-state index in [1.807, 2.05) is 0 Å². The van der Waals surface area contributed by atoms with Gasteiger partial charge in [0.25, 0.3) is 0 Å². The third kappa shape index (κ3) is 5.50. The minimum atomic E-state index is 0.905. The number of hydroxylamine groups is 1. The summed E-state index contributed by atoms with van der Waals surface area (Å²) in [6.45, 7) is 6.41. The van der Waals surface area contributed by atoms with Crippen molar-refractivity contribution >= 4 is 0 Å². The highest BCUT2D eigenvalue weighted by atomic mass is 16.6. The summed E-state index contributed by atoms with van der Waals surface area (Å²) in [6, 6.07) is 0. The van der Waals surface area contributed by atoms with Gasteiger partial charge in [-0.3, -0.25) is 0 Å². The van der Waals surface area contributed by atoms with Crippen molar-refractivity contribution in [3.05, 3.63) is 12.8 Å². The molecule has 0 aromatic heterocycles. The Morgan fingerprint density at radius 2 is 2.50 bits per heavy atom. The van der Waals surface area contributed by atoms with Crippen LogP contribution in [0.15, 0.2) is 12.8 Å². The molecule has 0 aromatic rings. The van der Waals surface area contributed by atoms with Gasteiger partial charge in [0.15, 0.2) is 0 Å². The van der Waals surface area contributed by atoms with E-state index in [0.29, 0.717) is 0 Å². The molecule has 0 aliphatic carbocycles. The molecule has 8 heavy (non-hydrogen) atoms. The van der Waals surface area contributed by atoms with Crippen LogP contribution >= 0.6 is 0 Å². The normalized spacial score (nSPS) is 8.62. The van der Waals surface area contributed by atoms with Crippen molar-refractivity contribution in [3.8, 4) is 0 Å². The first-order valence-corrected chi connectivity index (χ1v) is 2.91. The van der Waals surface area contributed by atoms with E-state index in [1.165, 1.54) is 12.7 Å². The maximum atomic E-state index is 4.65. The Bertz CT molecular complexity index is 54.5. The molecule has 0 saturated heterocycles. The van der Waals surface area contributed by atoms with Crippen LogP contribution in [0.3, 0.4) is 0 Å². The fraction of sp³-hybridized carbons (Fsp3) is 0.667. The van der Waals surface area contributed by atoms with E-state index in [1.54, 1.807) is 0 Å². The van der Waals surface area contributed by atoms with Crippen molar-refractivity contribution in [2.24, 2.45) is 0 Å². The molecule has 0 aliphatic rings. The summed E-state index contributed by atoms with van der Waals surface area (Å²) in [5.41, 5.74) is 2.72. The van der Waals surface area contributed by atoms with Gasteiger partial charge in [0.05, 0.1) is 0 Å². The monoisotopic (exact) mass is 115 g/mol. The molecular weight excluding hydrogens is 102 g/mol. The summed E-state index contributed by atoms with van der Waals surface area (Å²) < 4.78 is 0. The average Bonchev–Trinajstić information content (AvgIpc) is 1.81. The summed E-state index contributed by atoms with van der Waals surface area (Å²) in [5.74, 6) is 0. The SMILES string of the molecule is C=CONCCCC. The van der Waals surface area contributed by atoms with Crippen LogP contribution in [0.5, 0.6) is 0 Å². The van der Waals surface area contributed by atoms with E-state index in [9.17, 15) is 0 Å². The van der Waals surface area contributed by atoms with Crippen molar-refractivity contribution in [2.45, 2.75) is 19.8 Å². The molecule has 2 nitrogen and oxygen atoms in total. The van der Waals surface area contributed by atoms with Gasteiger partial charge in [-0.25, -0.2) is 0 Å². The van der Waals surface area contributed by atoms with E-state index >= 15 is 0 Å². The van der Waals surface area contributed by atoms with E-state index in [4.69, 9.17) is 0 Å². The van der Waals surface area contributed by atoms with Crippen molar-refractivity contribution in [2.75, 3.05) is 6.54 Å². The molecule has 0 atom stereocenters. The molecule has 1 N–H and O–H groups in total. The predicted molar refractivity (Wildman–Crippen MR) is 34.2 cm³/mol. The van der Waals surface area contributed by atoms with Crippen molar-refractivity contribution in [1.82, 2.24) is 5.48 Å². The van der Waals surface area contributed by atoms with Crippen LogP contribution < -0.4 is 5.48 Å². The first kappa shape index (κ1) is 7.50. The van der Waals surface area contributed by atoms with Gasteiger partial charge in [-0.1, -0.05) is 19.9 Å². The molecule has 0 fully saturated rings. The lowest BCUT2D eigenvalue weighted by Gasteiger charge is -1.98. The maximum absolute atomic E-state index is 4.65. The van der Waals surface area contributed by atoms with Gasteiger partial charge in [-0.05, 0) is 6.42 Å². The summed E-state index contributed by atoms with van der Waals surface area (Å²) in [5, 5.41) is 0. The third-order valence-corrected chi connectivity index (χ3v) is 0.799. The lowest BCUT2D eigenvalue weighted by Crippen LogP contribution is -2.11. The highest BCUT2D eigenvalue weighted by molar-refractivity contribution is 4.45. The highest BCUT2D eigenvalue weighted by Gasteiger charge is 1.78. The zero-order chi connectivity index (χ0) is 6.24. The number of unbranched alkanes of at least 4 members (excludes halogenated alkanes) is 1. The molecular formula is C6H13NO. The van der Waals surface area contributed by atoms with E-state index in [2.05, 4.69) is 23.8 Å². The lowest BCUT2D eigenvalue weighted by atomic mass is 10.3. The topological polar surface area (TPSA) is 21.3 Å². The zero-order valence-corrected chi connectivity index (χ0v) is 5.31. The van der Waals surface area contributed by atoms with Crippen molar-refractivity contribution in [3.63, 3.8) is 0 Å². The van der Waals surface area contributed by atoms with Crippen LogP contribution in [0.2, 0.25) is 0 Å². The molecule has 0 aliphatic heterocycles. The van der Waals surface area contributed by atoms with Crippen LogP contribution in [0, 0.1) is 0 Å². The van der Waals surface area contributed by atoms with Crippen molar-refractivity contribution in [1.29, 1.82) is 0 Å². The van der Waals surface area contributed by atoms with Gasteiger partial charge in [0.1, 0.15) is 6.26 Å². The van der Waals surface area contributed by atoms with E-state index in [-0.39, 0.29) is 0 Å². The van der Waals surface area contributed by atoms with Gasteiger partial charge >= 0.3 is 0 Å². The van der Waals surface area contributed by atoms with Gasteiger partial charge in [-0.15, -0.1) is 0 Å². The standard InChI is InChI=1S/C6H13NO/c1-3-5-6-7-8-4-2/h4,7H,2-3,5-6H2,1H3. The number of rotatable bonds is 5. The molecule has 0 saturated carbocycles. The first-order valence-electron chi connectivity index (χ1n) is 2.91. The van der Waals surface area contributed by atoms with Gasteiger partial charge < -0.3 is 4.84 Å². The molecule has 0 rings (SSSR count).